The third-order valence-electron chi connectivity index (χ3n) is 2.85. The van der Waals surface area contributed by atoms with Crippen molar-refractivity contribution in [1.82, 2.24) is 0 Å². The molecular weight excluding hydrogens is 228 g/mol. The molecule has 0 amide bonds. The van der Waals surface area contributed by atoms with E-state index in [1.54, 1.807) is 0 Å². The van der Waals surface area contributed by atoms with Crippen molar-refractivity contribution in [2.75, 3.05) is 6.61 Å². The monoisotopic (exact) mass is 242 g/mol. The number of hydrogen-bond donors (Lipinski definition) is 0. The van der Waals surface area contributed by atoms with Crippen LogP contribution in [-0.4, -0.2) is 35.3 Å². The Morgan fingerprint density at radius 3 is 2.33 bits per heavy atom. The van der Waals surface area contributed by atoms with Crippen molar-refractivity contribution in [3.05, 3.63) is 6.42 Å². The molecule has 3 heteroatoms. The van der Waals surface area contributed by atoms with Gasteiger partial charge in [-0.15, -0.1) is 0 Å². The Kier molecular flexibility index (Phi) is 5.70. The minimum absolute atomic E-state index is 0. The van der Waals surface area contributed by atoms with Crippen molar-refractivity contribution in [2.24, 2.45) is 5.92 Å². The van der Waals surface area contributed by atoms with Gasteiger partial charge in [0.15, 0.2) is 0 Å². The molecule has 2 rings (SSSR count). The van der Waals surface area contributed by atoms with Gasteiger partial charge >= 0.3 is 23.1 Å². The second-order valence-corrected chi connectivity index (χ2v) is 3.50. The fourth-order valence-electron chi connectivity index (χ4n) is 2.37. The maximum absolute atomic E-state index is 5.73. The van der Waals surface area contributed by atoms with Crippen molar-refractivity contribution in [3.63, 3.8) is 0 Å². The summed E-state index contributed by atoms with van der Waals surface area (Å²) in [5.74, 6) is 0.895. The molecule has 0 atom stereocenters. The molecule has 66 valence electrons. The van der Waals surface area contributed by atoms with Gasteiger partial charge in [0, 0.05) is 6.61 Å². The fraction of sp³-hybridized carbons (Fsp3) is 0.889. The Hall–Kier alpha value is 1.21. The van der Waals surface area contributed by atoms with Gasteiger partial charge in [-0.1, -0.05) is 31.3 Å². The molecule has 12 heavy (non-hydrogen) atoms. The number of fused-ring (bicyclic) bond motifs is 2. The summed E-state index contributed by atoms with van der Waals surface area (Å²) in [6.07, 6.45) is 7.76. The van der Waals surface area contributed by atoms with E-state index in [1.807, 2.05) is 0 Å². The quantitative estimate of drug-likeness (QED) is 0.437. The molecule has 2 saturated carbocycles. The second-order valence-electron chi connectivity index (χ2n) is 3.50. The van der Waals surface area contributed by atoms with Crippen LogP contribution < -0.4 is 17.0 Å². The molecule has 0 heterocycles. The zero-order chi connectivity index (χ0) is 7.03. The molecule has 0 spiro atoms. The first kappa shape index (κ1) is 13.2. The van der Waals surface area contributed by atoms with E-state index in [2.05, 4.69) is 13.3 Å². The molecule has 0 saturated heterocycles. The summed E-state index contributed by atoms with van der Waals surface area (Å²) >= 11 is 0. The molecule has 0 aliphatic heterocycles. The summed E-state index contributed by atoms with van der Waals surface area (Å²) in [4.78, 5) is 0. The topological polar surface area (TPSA) is 9.23 Å². The Morgan fingerprint density at radius 2 is 2.00 bits per heavy atom. The average Bonchev–Trinajstić information content (AvgIpc) is 2.46. The first-order valence-corrected chi connectivity index (χ1v) is 4.35. The minimum atomic E-state index is 0. The van der Waals surface area contributed by atoms with Gasteiger partial charge in [0.2, 0.25) is 0 Å². The van der Waals surface area contributed by atoms with Crippen LogP contribution in [0.15, 0.2) is 0 Å². The zero-order valence-corrected chi connectivity index (χ0v) is 10.7. The van der Waals surface area contributed by atoms with Crippen LogP contribution in [0.4, 0.5) is 0 Å². The molecule has 2 aliphatic carbocycles. The van der Waals surface area contributed by atoms with Gasteiger partial charge in [0.05, 0.1) is 0 Å². The van der Waals surface area contributed by atoms with Crippen LogP contribution in [0.25, 0.3) is 0 Å². The van der Waals surface area contributed by atoms with E-state index >= 15 is 0 Å². The summed E-state index contributed by atoms with van der Waals surface area (Å²) in [5, 5.41) is 0. The minimum Gasteiger partial charge on any atom is -1.00 e. The largest absolute Gasteiger partial charge is 2.00 e. The number of rotatable bonds is 2. The van der Waals surface area contributed by atoms with Crippen LogP contribution in [0.2, 0.25) is 0 Å². The van der Waals surface area contributed by atoms with E-state index in [9.17, 15) is 0 Å². The van der Waals surface area contributed by atoms with Crippen LogP contribution in [0.1, 0.15) is 32.6 Å². The van der Waals surface area contributed by atoms with Crippen molar-refractivity contribution < 1.29 is 21.7 Å². The van der Waals surface area contributed by atoms with Crippen molar-refractivity contribution >= 4 is 23.1 Å². The summed E-state index contributed by atoms with van der Waals surface area (Å²) in [6, 6.07) is 0. The predicted molar refractivity (Wildman–Crippen MR) is 46.4 cm³/mol. The molecule has 0 N–H and O–H groups in total. The molecule has 2 fully saturated rings. The fourth-order valence-corrected chi connectivity index (χ4v) is 2.37. The van der Waals surface area contributed by atoms with E-state index in [-0.39, 0.29) is 45.6 Å². The molecule has 0 radical (unpaired) electrons. The van der Waals surface area contributed by atoms with Crippen LogP contribution in [0, 0.1) is 12.3 Å². The Bertz CT molecular complexity index is 132. The maximum Gasteiger partial charge on any atom is 2.00 e. The smallest absolute Gasteiger partial charge is 1.00 e. The van der Waals surface area contributed by atoms with Crippen molar-refractivity contribution in [1.29, 1.82) is 0 Å². The van der Waals surface area contributed by atoms with Gasteiger partial charge in [0.1, 0.15) is 0 Å². The molecule has 1 nitrogen and oxygen atoms in total. The van der Waals surface area contributed by atoms with E-state index in [0.29, 0.717) is 0 Å². The van der Waals surface area contributed by atoms with E-state index < -0.39 is 0 Å². The number of hydrogen-bond acceptors (Lipinski definition) is 1. The van der Waals surface area contributed by atoms with Gasteiger partial charge in [-0.3, -0.25) is 6.42 Å². The number of halogens is 1. The van der Waals surface area contributed by atoms with Crippen LogP contribution >= 0.6 is 0 Å². The van der Waals surface area contributed by atoms with Crippen LogP contribution in [0.3, 0.4) is 0 Å². The van der Waals surface area contributed by atoms with Crippen LogP contribution in [0.5, 0.6) is 0 Å². The van der Waals surface area contributed by atoms with Gasteiger partial charge in [0.25, 0.3) is 0 Å². The normalized spacial score (nSPS) is 37.2. The predicted octanol–water partition coefficient (Wildman–Crippen LogP) is -1.21. The van der Waals surface area contributed by atoms with E-state index in [0.717, 1.165) is 12.5 Å². The van der Waals surface area contributed by atoms with E-state index in [1.165, 1.54) is 25.7 Å². The van der Waals surface area contributed by atoms with Crippen molar-refractivity contribution in [2.45, 2.75) is 38.2 Å². The molecule has 0 aromatic heterocycles. The van der Waals surface area contributed by atoms with Gasteiger partial charge in [-0.05, 0) is 6.92 Å². The van der Waals surface area contributed by atoms with Gasteiger partial charge in [-0.2, -0.15) is 5.92 Å². The molecule has 0 unspecified atom stereocenters. The average molecular weight is 243 g/mol. The summed E-state index contributed by atoms with van der Waals surface area (Å²) in [6.45, 7) is 2.97. The summed E-state index contributed by atoms with van der Waals surface area (Å²) in [7, 11) is 0. The summed E-state index contributed by atoms with van der Waals surface area (Å²) in [5.41, 5.74) is 0.236. The van der Waals surface area contributed by atoms with Gasteiger partial charge < -0.3 is 21.7 Å². The van der Waals surface area contributed by atoms with Gasteiger partial charge in [-0.25, -0.2) is 0 Å². The Balaban J connectivity index is 0.000000605. The molecular formula is C9H15BrMgO. The maximum atomic E-state index is 5.73. The third-order valence-corrected chi connectivity index (χ3v) is 2.85. The molecule has 2 aliphatic rings. The SMILES string of the molecule is CCOC12[CH-]C(CC1)CC2.[Br-].[Mg+2]. The zero-order valence-electron chi connectivity index (χ0n) is 7.68. The Morgan fingerprint density at radius 1 is 1.42 bits per heavy atom. The summed E-state index contributed by atoms with van der Waals surface area (Å²) < 4.78 is 5.73. The van der Waals surface area contributed by atoms with E-state index in [4.69, 9.17) is 4.74 Å². The standard InChI is InChI=1S/C9H15O.BrH.Mg/c1-2-10-9-5-3-8(7-9)4-6-9;;/h7-8H,2-6H2,1H3;1H;/q-1;;+2/p-1. The Labute approximate surface area is 102 Å². The first-order chi connectivity index (χ1) is 4.85. The molecule has 2 bridgehead atoms. The molecule has 0 aromatic carbocycles. The van der Waals surface area contributed by atoms with Crippen molar-refractivity contribution in [3.8, 4) is 0 Å². The van der Waals surface area contributed by atoms with Crippen LogP contribution in [-0.2, 0) is 4.74 Å². The first-order valence-electron chi connectivity index (χ1n) is 4.35. The second kappa shape index (κ2) is 5.18. The molecule has 0 aromatic rings. The third kappa shape index (κ3) is 2.37. The number of ether oxygens (including phenoxy) is 1.